The fraction of sp³-hybridized carbons (Fsp3) is 0.556. The van der Waals surface area contributed by atoms with Crippen LogP contribution in [0.4, 0.5) is 8.78 Å². The van der Waals surface area contributed by atoms with Crippen LogP contribution in [0.3, 0.4) is 0 Å². The van der Waals surface area contributed by atoms with E-state index in [0.29, 0.717) is 6.61 Å². The summed E-state index contributed by atoms with van der Waals surface area (Å²) in [6.07, 6.45) is 2.84. The summed E-state index contributed by atoms with van der Waals surface area (Å²) < 4.78 is 37.0. The highest BCUT2D eigenvalue weighted by atomic mass is 79.9. The van der Waals surface area contributed by atoms with Gasteiger partial charge in [0.15, 0.2) is 5.83 Å². The largest absolute Gasteiger partial charge is 0.371 e. The number of halogens is 3. The summed E-state index contributed by atoms with van der Waals surface area (Å²) in [5.74, 6) is -3.22. The van der Waals surface area contributed by atoms with Gasteiger partial charge in [0.05, 0.1) is 17.7 Å². The number of rotatable bonds is 3. The Morgan fingerprint density at radius 3 is 3.07 bits per heavy atom. The van der Waals surface area contributed by atoms with Crippen molar-refractivity contribution in [3.8, 4) is 0 Å². The average molecular weight is 267 g/mol. The van der Waals surface area contributed by atoms with Crippen molar-refractivity contribution in [3.63, 3.8) is 0 Å². The molecule has 1 fully saturated rings. The second-order valence-corrected chi connectivity index (χ2v) is 4.12. The lowest BCUT2D eigenvalue weighted by Crippen LogP contribution is -2.31. The van der Waals surface area contributed by atoms with Crippen LogP contribution in [0.25, 0.3) is 0 Å². The van der Waals surface area contributed by atoms with Crippen LogP contribution in [-0.4, -0.2) is 25.2 Å². The first-order valence-electron chi connectivity index (χ1n) is 4.28. The number of alkyl halides is 1. The molecule has 0 amide bonds. The van der Waals surface area contributed by atoms with Gasteiger partial charge in [-0.25, -0.2) is 8.78 Å². The first kappa shape index (κ1) is 10.3. The van der Waals surface area contributed by atoms with Crippen molar-refractivity contribution in [2.45, 2.75) is 18.4 Å². The predicted molar refractivity (Wildman–Crippen MR) is 50.3 cm³/mol. The molecule has 1 aliphatic carbocycles. The molecule has 2 aliphatic rings. The molecule has 0 radical (unpaired) electrons. The fourth-order valence-corrected chi connectivity index (χ4v) is 1.65. The van der Waals surface area contributed by atoms with E-state index in [9.17, 15) is 8.78 Å². The summed E-state index contributed by atoms with van der Waals surface area (Å²) in [4.78, 5) is 0. The summed E-state index contributed by atoms with van der Waals surface area (Å²) in [5, 5.41) is 0. The standard InChI is InChI=1S/C9H9BrF2O2/c10-7-2-1-3-9(12,8(7)11)14-5-6-4-13-6/h1-2,6H,3-5H2. The molecule has 5 heteroatoms. The molecular weight excluding hydrogens is 258 g/mol. The maximum absolute atomic E-state index is 13.8. The lowest BCUT2D eigenvalue weighted by molar-refractivity contribution is -0.130. The van der Waals surface area contributed by atoms with Crippen molar-refractivity contribution in [2.75, 3.05) is 13.2 Å². The van der Waals surface area contributed by atoms with E-state index in [-0.39, 0.29) is 23.6 Å². The quantitative estimate of drug-likeness (QED) is 0.733. The van der Waals surface area contributed by atoms with Gasteiger partial charge in [0.25, 0.3) is 5.85 Å². The predicted octanol–water partition coefficient (Wildman–Crippen LogP) is 2.60. The molecule has 1 heterocycles. The zero-order chi connectivity index (χ0) is 10.2. The van der Waals surface area contributed by atoms with E-state index in [0.717, 1.165) is 0 Å². The Bertz CT molecular complexity index is 299. The monoisotopic (exact) mass is 266 g/mol. The molecule has 2 nitrogen and oxygen atoms in total. The Morgan fingerprint density at radius 1 is 1.71 bits per heavy atom. The summed E-state index contributed by atoms with van der Waals surface area (Å²) in [6, 6.07) is 0. The van der Waals surface area contributed by atoms with Crippen molar-refractivity contribution in [3.05, 3.63) is 22.5 Å². The van der Waals surface area contributed by atoms with Gasteiger partial charge in [-0.05, 0) is 22.0 Å². The van der Waals surface area contributed by atoms with E-state index in [2.05, 4.69) is 15.9 Å². The van der Waals surface area contributed by atoms with Crippen molar-refractivity contribution in [1.29, 1.82) is 0 Å². The van der Waals surface area contributed by atoms with Crippen molar-refractivity contribution < 1.29 is 18.3 Å². The summed E-state index contributed by atoms with van der Waals surface area (Å²) in [7, 11) is 0. The Balaban J connectivity index is 2.02. The normalized spacial score (nSPS) is 36.4. The van der Waals surface area contributed by atoms with Crippen LogP contribution in [0, 0.1) is 0 Å². The lowest BCUT2D eigenvalue weighted by atomic mass is 10.1. The van der Waals surface area contributed by atoms with Gasteiger partial charge in [0, 0.05) is 6.42 Å². The van der Waals surface area contributed by atoms with E-state index in [4.69, 9.17) is 9.47 Å². The zero-order valence-corrected chi connectivity index (χ0v) is 8.89. The topological polar surface area (TPSA) is 21.8 Å². The van der Waals surface area contributed by atoms with Crippen LogP contribution < -0.4 is 0 Å². The SMILES string of the molecule is FC1=C(Br)C=CCC1(F)OCC1CO1. The number of ether oxygens (including phenoxy) is 2. The molecule has 1 aliphatic heterocycles. The minimum absolute atomic E-state index is 0.0693. The minimum Gasteiger partial charge on any atom is -0.371 e. The van der Waals surface area contributed by atoms with Crippen molar-refractivity contribution >= 4 is 15.9 Å². The van der Waals surface area contributed by atoms with Gasteiger partial charge in [-0.3, -0.25) is 0 Å². The van der Waals surface area contributed by atoms with Gasteiger partial charge in [-0.1, -0.05) is 6.08 Å². The first-order valence-corrected chi connectivity index (χ1v) is 5.08. The van der Waals surface area contributed by atoms with E-state index in [1.807, 2.05) is 0 Å². The molecule has 0 N–H and O–H groups in total. The number of epoxide rings is 1. The van der Waals surface area contributed by atoms with Crippen LogP contribution in [0.15, 0.2) is 22.5 Å². The number of hydrogen-bond donors (Lipinski definition) is 0. The van der Waals surface area contributed by atoms with E-state index < -0.39 is 11.7 Å². The van der Waals surface area contributed by atoms with Crippen LogP contribution in [0.1, 0.15) is 6.42 Å². The van der Waals surface area contributed by atoms with Crippen molar-refractivity contribution in [2.24, 2.45) is 0 Å². The maximum atomic E-state index is 13.8. The molecular formula is C9H9BrF2O2. The van der Waals surface area contributed by atoms with Crippen molar-refractivity contribution in [1.82, 2.24) is 0 Å². The molecule has 0 spiro atoms. The number of hydrogen-bond acceptors (Lipinski definition) is 2. The minimum atomic E-state index is -2.32. The van der Waals surface area contributed by atoms with Crippen LogP contribution in [0.5, 0.6) is 0 Å². The Hall–Kier alpha value is -0.260. The average Bonchev–Trinajstić information content (AvgIpc) is 2.95. The van der Waals surface area contributed by atoms with Gasteiger partial charge < -0.3 is 9.47 Å². The van der Waals surface area contributed by atoms with Crippen LogP contribution >= 0.6 is 15.9 Å². The number of allylic oxidation sites excluding steroid dienone is 2. The molecule has 78 valence electrons. The van der Waals surface area contributed by atoms with Crippen LogP contribution in [0.2, 0.25) is 0 Å². The third kappa shape index (κ3) is 2.04. The molecule has 2 atom stereocenters. The van der Waals surface area contributed by atoms with E-state index in [1.165, 1.54) is 12.2 Å². The highest BCUT2D eigenvalue weighted by Gasteiger charge is 2.40. The summed E-state index contributed by atoms with van der Waals surface area (Å²) in [6.45, 7) is 0.663. The second kappa shape index (κ2) is 3.72. The first-order chi connectivity index (χ1) is 6.62. The Kier molecular flexibility index (Phi) is 2.72. The third-order valence-corrected chi connectivity index (χ3v) is 2.69. The smallest absolute Gasteiger partial charge is 0.266 e. The van der Waals surface area contributed by atoms with Gasteiger partial charge >= 0.3 is 0 Å². The summed E-state index contributed by atoms with van der Waals surface area (Å²) in [5.41, 5.74) is 0. The molecule has 14 heavy (non-hydrogen) atoms. The molecule has 0 bridgehead atoms. The second-order valence-electron chi connectivity index (χ2n) is 3.26. The fourth-order valence-electron chi connectivity index (χ4n) is 1.17. The van der Waals surface area contributed by atoms with Crippen LogP contribution in [-0.2, 0) is 9.47 Å². The van der Waals surface area contributed by atoms with Gasteiger partial charge in [0.1, 0.15) is 6.10 Å². The molecule has 2 rings (SSSR count). The molecule has 0 aromatic heterocycles. The van der Waals surface area contributed by atoms with E-state index in [1.54, 1.807) is 0 Å². The Morgan fingerprint density at radius 2 is 2.43 bits per heavy atom. The molecule has 1 saturated heterocycles. The van der Waals surface area contributed by atoms with Gasteiger partial charge in [-0.2, -0.15) is 0 Å². The highest BCUT2D eigenvalue weighted by molar-refractivity contribution is 9.11. The Labute approximate surface area is 88.7 Å². The third-order valence-electron chi connectivity index (χ3n) is 2.08. The van der Waals surface area contributed by atoms with E-state index >= 15 is 0 Å². The molecule has 0 aromatic carbocycles. The van der Waals surface area contributed by atoms with Gasteiger partial charge in [-0.15, -0.1) is 0 Å². The lowest BCUT2D eigenvalue weighted by Gasteiger charge is -2.25. The zero-order valence-electron chi connectivity index (χ0n) is 7.30. The highest BCUT2D eigenvalue weighted by Crippen LogP contribution is 2.37. The molecule has 2 unspecified atom stereocenters. The van der Waals surface area contributed by atoms with Gasteiger partial charge in [0.2, 0.25) is 0 Å². The molecule has 0 aromatic rings. The molecule has 0 saturated carbocycles. The summed E-state index contributed by atoms with van der Waals surface area (Å²) >= 11 is 2.92. The maximum Gasteiger partial charge on any atom is 0.266 e.